The molecule has 0 radical (unpaired) electrons. The molecule has 1 unspecified atom stereocenters. The molecule has 0 aliphatic carbocycles. The van der Waals surface area contributed by atoms with Crippen LogP contribution in [0.2, 0.25) is 5.02 Å². The van der Waals surface area contributed by atoms with Crippen molar-refractivity contribution in [1.82, 2.24) is 4.90 Å². The van der Waals surface area contributed by atoms with Gasteiger partial charge in [-0.25, -0.2) is 9.18 Å². The van der Waals surface area contributed by atoms with E-state index in [4.69, 9.17) is 21.1 Å². The molecule has 1 aromatic heterocycles. The molecule has 1 aliphatic heterocycles. The first-order chi connectivity index (χ1) is 9.89. The van der Waals surface area contributed by atoms with Crippen LogP contribution in [0.5, 0.6) is 0 Å². The van der Waals surface area contributed by atoms with Gasteiger partial charge < -0.3 is 14.4 Å². The predicted octanol–water partition coefficient (Wildman–Crippen LogP) is 2.73. The monoisotopic (exact) mass is 311 g/mol. The molecule has 1 N–H and O–H groups in total. The van der Waals surface area contributed by atoms with Crippen LogP contribution in [0.1, 0.15) is 17.0 Å². The predicted molar refractivity (Wildman–Crippen MR) is 73.2 cm³/mol. The van der Waals surface area contributed by atoms with Crippen LogP contribution in [0, 0.1) is 0 Å². The Morgan fingerprint density at radius 2 is 2.14 bits per heavy atom. The minimum atomic E-state index is -2.38. The van der Waals surface area contributed by atoms with Crippen LogP contribution in [-0.4, -0.2) is 40.6 Å². The minimum Gasteiger partial charge on any atom is -0.479 e. The van der Waals surface area contributed by atoms with Gasteiger partial charge in [0.2, 0.25) is 5.67 Å². The number of hydrogen-bond acceptors (Lipinski definition) is 3. The molecule has 0 bridgehead atoms. The standard InChI is InChI=1S/C14H11ClFNO4/c15-9-1-2-10-8(5-9)6-11(21-10)12(18)17-4-3-14(16,7-17)13(19)20/h1-2,5-6H,3-4,7H2,(H,19,20). The van der Waals surface area contributed by atoms with Crippen molar-refractivity contribution in [3.05, 3.63) is 35.0 Å². The van der Waals surface area contributed by atoms with E-state index >= 15 is 0 Å². The van der Waals surface area contributed by atoms with Gasteiger partial charge in [-0.2, -0.15) is 0 Å². The van der Waals surface area contributed by atoms with E-state index in [2.05, 4.69) is 0 Å². The summed E-state index contributed by atoms with van der Waals surface area (Å²) >= 11 is 5.85. The molecule has 5 nitrogen and oxygen atoms in total. The third-order valence-electron chi connectivity index (χ3n) is 3.58. The molecule has 1 aromatic carbocycles. The Balaban J connectivity index is 1.86. The van der Waals surface area contributed by atoms with Gasteiger partial charge in [0.25, 0.3) is 5.91 Å². The van der Waals surface area contributed by atoms with Crippen molar-refractivity contribution >= 4 is 34.4 Å². The molecule has 0 saturated carbocycles. The molecule has 2 heterocycles. The number of fused-ring (bicyclic) bond motifs is 1. The van der Waals surface area contributed by atoms with Crippen molar-refractivity contribution in [2.24, 2.45) is 0 Å². The normalized spacial score (nSPS) is 21.9. The van der Waals surface area contributed by atoms with Gasteiger partial charge in [-0.05, 0) is 24.3 Å². The number of carboxylic acids is 1. The highest BCUT2D eigenvalue weighted by Gasteiger charge is 2.47. The number of amides is 1. The van der Waals surface area contributed by atoms with Crippen LogP contribution in [0.15, 0.2) is 28.7 Å². The van der Waals surface area contributed by atoms with Gasteiger partial charge in [-0.15, -0.1) is 0 Å². The first-order valence-electron chi connectivity index (χ1n) is 6.30. The smallest absolute Gasteiger partial charge is 0.343 e. The highest BCUT2D eigenvalue weighted by atomic mass is 35.5. The summed E-state index contributed by atoms with van der Waals surface area (Å²) < 4.78 is 19.4. The summed E-state index contributed by atoms with van der Waals surface area (Å²) in [4.78, 5) is 24.3. The molecule has 3 rings (SSSR count). The number of halogens is 2. The van der Waals surface area contributed by atoms with Crippen molar-refractivity contribution in [3.8, 4) is 0 Å². The van der Waals surface area contributed by atoms with Crippen LogP contribution < -0.4 is 0 Å². The van der Waals surface area contributed by atoms with Gasteiger partial charge >= 0.3 is 5.97 Å². The van der Waals surface area contributed by atoms with Crippen LogP contribution >= 0.6 is 11.6 Å². The van der Waals surface area contributed by atoms with Crippen molar-refractivity contribution in [2.75, 3.05) is 13.1 Å². The first kappa shape index (κ1) is 13.9. The molecule has 2 aromatic rings. The number of carboxylic acid groups (broad SMARTS) is 1. The molecule has 1 amide bonds. The molecule has 1 fully saturated rings. The zero-order chi connectivity index (χ0) is 15.2. The number of alkyl halides is 1. The fraction of sp³-hybridized carbons (Fsp3) is 0.286. The molecular formula is C14H11ClFNO4. The maximum Gasteiger partial charge on any atom is 0.343 e. The molecule has 1 saturated heterocycles. The lowest BCUT2D eigenvalue weighted by Gasteiger charge is -2.16. The highest BCUT2D eigenvalue weighted by molar-refractivity contribution is 6.31. The second-order valence-corrected chi connectivity index (χ2v) is 5.48. The molecule has 0 spiro atoms. The maximum atomic E-state index is 14.0. The second-order valence-electron chi connectivity index (χ2n) is 5.04. The van der Waals surface area contributed by atoms with E-state index in [0.717, 1.165) is 4.90 Å². The summed E-state index contributed by atoms with van der Waals surface area (Å²) in [7, 11) is 0. The SMILES string of the molecule is O=C(c1cc2cc(Cl)ccc2o1)N1CCC(F)(C(=O)O)C1. The number of carbonyl (C=O) groups excluding carboxylic acids is 1. The molecule has 110 valence electrons. The average molecular weight is 312 g/mol. The van der Waals surface area contributed by atoms with E-state index in [9.17, 15) is 14.0 Å². The van der Waals surface area contributed by atoms with Crippen molar-refractivity contribution in [1.29, 1.82) is 0 Å². The second kappa shape index (κ2) is 4.73. The number of rotatable bonds is 2. The number of aliphatic carboxylic acids is 1. The maximum absolute atomic E-state index is 14.0. The summed E-state index contributed by atoms with van der Waals surface area (Å²) in [5.41, 5.74) is -1.89. The third-order valence-corrected chi connectivity index (χ3v) is 3.81. The van der Waals surface area contributed by atoms with E-state index in [1.165, 1.54) is 6.07 Å². The van der Waals surface area contributed by atoms with Gasteiger partial charge in [0.15, 0.2) is 5.76 Å². The number of carbonyl (C=O) groups is 2. The van der Waals surface area contributed by atoms with Gasteiger partial charge in [0.05, 0.1) is 6.54 Å². The molecule has 21 heavy (non-hydrogen) atoms. The minimum absolute atomic E-state index is 0.0411. The summed E-state index contributed by atoms with van der Waals surface area (Å²) in [6.07, 6.45) is -0.222. The fourth-order valence-electron chi connectivity index (χ4n) is 2.40. The van der Waals surface area contributed by atoms with Crippen LogP contribution in [0.4, 0.5) is 4.39 Å². The average Bonchev–Trinajstić information content (AvgIpc) is 3.02. The first-order valence-corrected chi connectivity index (χ1v) is 6.67. The lowest BCUT2D eigenvalue weighted by molar-refractivity contribution is -0.149. The van der Waals surface area contributed by atoms with Crippen molar-refractivity contribution in [3.63, 3.8) is 0 Å². The largest absolute Gasteiger partial charge is 0.479 e. The third kappa shape index (κ3) is 2.35. The Kier molecular flexibility index (Phi) is 3.13. The molecular weight excluding hydrogens is 301 g/mol. The highest BCUT2D eigenvalue weighted by Crippen LogP contribution is 2.29. The number of benzene rings is 1. The Hall–Kier alpha value is -2.08. The molecule has 1 atom stereocenters. The lowest BCUT2D eigenvalue weighted by atomic mass is 10.1. The summed E-state index contributed by atoms with van der Waals surface area (Å²) in [5.74, 6) is -2.03. The van der Waals surface area contributed by atoms with Gasteiger partial charge in [-0.3, -0.25) is 4.79 Å². The Morgan fingerprint density at radius 3 is 2.81 bits per heavy atom. The van der Waals surface area contributed by atoms with Crippen LogP contribution in [0.3, 0.4) is 0 Å². The van der Waals surface area contributed by atoms with Crippen LogP contribution in [-0.2, 0) is 4.79 Å². The van der Waals surface area contributed by atoms with Gasteiger partial charge in [0, 0.05) is 23.4 Å². The van der Waals surface area contributed by atoms with E-state index in [0.29, 0.717) is 16.0 Å². The summed E-state index contributed by atoms with van der Waals surface area (Å²) in [6, 6.07) is 6.43. The summed E-state index contributed by atoms with van der Waals surface area (Å²) in [5, 5.41) is 10.0. The zero-order valence-corrected chi connectivity index (χ0v) is 11.6. The van der Waals surface area contributed by atoms with E-state index in [1.807, 2.05) is 0 Å². The summed E-state index contributed by atoms with van der Waals surface area (Å²) in [6.45, 7) is -0.432. The van der Waals surface area contributed by atoms with E-state index in [1.54, 1.807) is 18.2 Å². The topological polar surface area (TPSA) is 70.8 Å². The van der Waals surface area contributed by atoms with Gasteiger partial charge in [-0.1, -0.05) is 11.6 Å². The number of furan rings is 1. The van der Waals surface area contributed by atoms with Crippen molar-refractivity contribution in [2.45, 2.75) is 12.1 Å². The molecule has 1 aliphatic rings. The van der Waals surface area contributed by atoms with Crippen molar-refractivity contribution < 1.29 is 23.5 Å². The van der Waals surface area contributed by atoms with Gasteiger partial charge in [0.1, 0.15) is 5.58 Å². The van der Waals surface area contributed by atoms with E-state index in [-0.39, 0.29) is 18.7 Å². The number of likely N-dealkylation sites (tertiary alicyclic amines) is 1. The Labute approximate surface area is 123 Å². The lowest BCUT2D eigenvalue weighted by Crippen LogP contribution is -2.38. The number of hydrogen-bond donors (Lipinski definition) is 1. The Bertz CT molecular complexity index is 744. The quantitative estimate of drug-likeness (QED) is 0.925. The van der Waals surface area contributed by atoms with E-state index < -0.39 is 24.1 Å². The number of nitrogens with zero attached hydrogens (tertiary/aromatic N) is 1. The fourth-order valence-corrected chi connectivity index (χ4v) is 2.58. The zero-order valence-electron chi connectivity index (χ0n) is 10.8. The molecule has 7 heteroatoms. The Morgan fingerprint density at radius 1 is 1.38 bits per heavy atom. The van der Waals surface area contributed by atoms with Crippen LogP contribution in [0.25, 0.3) is 11.0 Å².